The lowest BCUT2D eigenvalue weighted by atomic mass is 10.1. The number of sulfonamides is 1. The van der Waals surface area contributed by atoms with Gasteiger partial charge in [0, 0.05) is 23.7 Å². The van der Waals surface area contributed by atoms with Gasteiger partial charge in [0.1, 0.15) is 0 Å². The van der Waals surface area contributed by atoms with Gasteiger partial charge >= 0.3 is 0 Å². The average Bonchev–Trinajstić information content (AvgIpc) is 2.59. The molecule has 2 aromatic carbocycles. The highest BCUT2D eigenvalue weighted by molar-refractivity contribution is 7.89. The van der Waals surface area contributed by atoms with Crippen LogP contribution in [-0.2, 0) is 16.6 Å². The number of nitrogens with one attached hydrogen (secondary N) is 2. The van der Waals surface area contributed by atoms with Crippen molar-refractivity contribution in [1.29, 1.82) is 0 Å². The normalized spacial score (nSPS) is 11.6. The lowest BCUT2D eigenvalue weighted by molar-refractivity contribution is 0.0948. The predicted octanol–water partition coefficient (Wildman–Crippen LogP) is 3.51. The van der Waals surface area contributed by atoms with Crippen LogP contribution in [0.2, 0.25) is 5.02 Å². The summed E-state index contributed by atoms with van der Waals surface area (Å²) in [6.45, 7) is 6.44. The zero-order valence-electron chi connectivity index (χ0n) is 15.0. The number of halogens is 1. The fourth-order valence-corrected chi connectivity index (χ4v) is 3.44. The van der Waals surface area contributed by atoms with Gasteiger partial charge in [-0.15, -0.1) is 0 Å². The van der Waals surface area contributed by atoms with Crippen LogP contribution in [0.5, 0.6) is 0 Å². The Morgan fingerprint density at radius 2 is 1.77 bits per heavy atom. The molecule has 0 atom stereocenters. The van der Waals surface area contributed by atoms with Crippen LogP contribution in [0.25, 0.3) is 0 Å². The van der Waals surface area contributed by atoms with Crippen molar-refractivity contribution in [2.45, 2.75) is 32.2 Å². The molecule has 0 aromatic heterocycles. The fraction of sp³-hybridized carbons (Fsp3) is 0.316. The van der Waals surface area contributed by atoms with Gasteiger partial charge < -0.3 is 5.32 Å². The second-order valence-electron chi connectivity index (χ2n) is 6.53. The zero-order chi connectivity index (χ0) is 19.3. The minimum absolute atomic E-state index is 0.0618. The molecule has 0 radical (unpaired) electrons. The van der Waals surface area contributed by atoms with Gasteiger partial charge in [0.2, 0.25) is 10.0 Å². The van der Waals surface area contributed by atoms with Gasteiger partial charge in [0.15, 0.2) is 0 Å². The van der Waals surface area contributed by atoms with E-state index in [0.717, 1.165) is 11.1 Å². The molecular formula is C19H23ClN2O3S. The summed E-state index contributed by atoms with van der Waals surface area (Å²) in [7, 11) is -3.74. The molecule has 0 fully saturated rings. The Labute approximate surface area is 159 Å². The lowest BCUT2D eigenvalue weighted by Crippen LogP contribution is -2.28. The standard InChI is InChI=1S/C19H23ClN2O3S/c1-13(2)11-21-19(23)18-10-17(9-4-14(18)3)26(24,25)22-12-15-5-7-16(20)8-6-15/h4-10,13,22H,11-12H2,1-3H3,(H,21,23). The van der Waals surface area contributed by atoms with Crippen LogP contribution in [-0.4, -0.2) is 20.9 Å². The summed E-state index contributed by atoms with van der Waals surface area (Å²) in [4.78, 5) is 12.4. The fourth-order valence-electron chi connectivity index (χ4n) is 2.27. The summed E-state index contributed by atoms with van der Waals surface area (Å²) >= 11 is 5.83. The second-order valence-corrected chi connectivity index (χ2v) is 8.74. The number of amides is 1. The van der Waals surface area contributed by atoms with Crippen molar-refractivity contribution in [1.82, 2.24) is 10.0 Å². The van der Waals surface area contributed by atoms with Crippen molar-refractivity contribution < 1.29 is 13.2 Å². The molecular weight excluding hydrogens is 372 g/mol. The minimum atomic E-state index is -3.74. The third-order valence-corrected chi connectivity index (χ3v) is 5.47. The number of carbonyl (C=O) groups is 1. The molecule has 0 aliphatic heterocycles. The van der Waals surface area contributed by atoms with Gasteiger partial charge in [-0.2, -0.15) is 0 Å². The van der Waals surface area contributed by atoms with Crippen molar-refractivity contribution in [3.8, 4) is 0 Å². The second kappa shape index (κ2) is 8.66. The Morgan fingerprint density at radius 1 is 1.12 bits per heavy atom. The van der Waals surface area contributed by atoms with E-state index in [0.29, 0.717) is 23.0 Å². The maximum atomic E-state index is 12.6. The molecule has 0 saturated carbocycles. The van der Waals surface area contributed by atoms with Crippen molar-refractivity contribution in [3.63, 3.8) is 0 Å². The molecule has 0 unspecified atom stereocenters. The van der Waals surface area contributed by atoms with E-state index in [9.17, 15) is 13.2 Å². The van der Waals surface area contributed by atoms with Gasteiger partial charge in [-0.25, -0.2) is 13.1 Å². The van der Waals surface area contributed by atoms with Gasteiger partial charge in [-0.05, 0) is 48.2 Å². The maximum absolute atomic E-state index is 12.6. The summed E-state index contributed by atoms with van der Waals surface area (Å²) in [5.74, 6) is 0.0400. The molecule has 2 rings (SSSR count). The zero-order valence-corrected chi connectivity index (χ0v) is 16.6. The molecule has 140 valence electrons. The molecule has 7 heteroatoms. The Kier molecular flexibility index (Phi) is 6.81. The van der Waals surface area contributed by atoms with E-state index < -0.39 is 10.0 Å². The third-order valence-electron chi connectivity index (χ3n) is 3.81. The van der Waals surface area contributed by atoms with E-state index in [4.69, 9.17) is 11.6 Å². The Hall–Kier alpha value is -1.89. The molecule has 0 aliphatic carbocycles. The quantitative estimate of drug-likeness (QED) is 0.754. The van der Waals surface area contributed by atoms with Crippen LogP contribution < -0.4 is 10.0 Å². The molecule has 0 spiro atoms. The smallest absolute Gasteiger partial charge is 0.251 e. The molecule has 0 heterocycles. The summed E-state index contributed by atoms with van der Waals surface area (Å²) in [5.41, 5.74) is 1.88. The first-order valence-corrected chi connectivity index (χ1v) is 10.2. The average molecular weight is 395 g/mol. The Balaban J connectivity index is 2.17. The monoisotopic (exact) mass is 394 g/mol. The third kappa shape index (κ3) is 5.56. The van der Waals surface area contributed by atoms with E-state index in [1.807, 2.05) is 13.8 Å². The Morgan fingerprint density at radius 3 is 2.38 bits per heavy atom. The van der Waals surface area contributed by atoms with Crippen LogP contribution in [0, 0.1) is 12.8 Å². The first-order valence-electron chi connectivity index (χ1n) is 8.32. The number of hydrogen-bond acceptors (Lipinski definition) is 3. The number of benzene rings is 2. The van der Waals surface area contributed by atoms with E-state index in [1.54, 1.807) is 37.3 Å². The summed E-state index contributed by atoms with van der Waals surface area (Å²) in [5, 5.41) is 3.40. The number of hydrogen-bond donors (Lipinski definition) is 2. The van der Waals surface area contributed by atoms with Gasteiger partial charge in [-0.3, -0.25) is 4.79 Å². The SMILES string of the molecule is Cc1ccc(S(=O)(=O)NCc2ccc(Cl)cc2)cc1C(=O)NCC(C)C. The van der Waals surface area contributed by atoms with Crippen LogP contribution in [0.4, 0.5) is 0 Å². The van der Waals surface area contributed by atoms with E-state index >= 15 is 0 Å². The van der Waals surface area contributed by atoms with Gasteiger partial charge in [0.25, 0.3) is 5.91 Å². The molecule has 0 bridgehead atoms. The van der Waals surface area contributed by atoms with E-state index in [1.165, 1.54) is 12.1 Å². The molecule has 2 aromatic rings. The molecule has 1 amide bonds. The van der Waals surface area contributed by atoms with Crippen LogP contribution >= 0.6 is 11.6 Å². The van der Waals surface area contributed by atoms with Gasteiger partial charge in [-0.1, -0.05) is 43.6 Å². The largest absolute Gasteiger partial charge is 0.352 e. The molecule has 26 heavy (non-hydrogen) atoms. The highest BCUT2D eigenvalue weighted by Crippen LogP contribution is 2.17. The first kappa shape index (κ1) is 20.4. The van der Waals surface area contributed by atoms with Crippen molar-refractivity contribution in [2.75, 3.05) is 6.54 Å². The van der Waals surface area contributed by atoms with Crippen molar-refractivity contribution in [3.05, 3.63) is 64.2 Å². The molecule has 0 aliphatic rings. The molecule has 0 saturated heterocycles. The summed E-state index contributed by atoms with van der Waals surface area (Å²) in [6.07, 6.45) is 0. The van der Waals surface area contributed by atoms with Crippen molar-refractivity contribution >= 4 is 27.5 Å². The minimum Gasteiger partial charge on any atom is -0.352 e. The van der Waals surface area contributed by atoms with E-state index in [2.05, 4.69) is 10.0 Å². The summed E-state index contributed by atoms with van der Waals surface area (Å²) < 4.78 is 27.7. The van der Waals surface area contributed by atoms with Crippen LogP contribution in [0.15, 0.2) is 47.4 Å². The van der Waals surface area contributed by atoms with E-state index in [-0.39, 0.29) is 17.3 Å². The Bertz CT molecular complexity index is 878. The number of aryl methyl sites for hydroxylation is 1. The predicted molar refractivity (Wildman–Crippen MR) is 104 cm³/mol. The lowest BCUT2D eigenvalue weighted by Gasteiger charge is -2.12. The van der Waals surface area contributed by atoms with Crippen LogP contribution in [0.1, 0.15) is 35.3 Å². The van der Waals surface area contributed by atoms with Gasteiger partial charge in [0.05, 0.1) is 4.90 Å². The highest BCUT2D eigenvalue weighted by Gasteiger charge is 2.18. The first-order chi connectivity index (χ1) is 12.2. The topological polar surface area (TPSA) is 75.3 Å². The molecule has 5 nitrogen and oxygen atoms in total. The van der Waals surface area contributed by atoms with Crippen molar-refractivity contribution in [2.24, 2.45) is 5.92 Å². The summed E-state index contributed by atoms with van der Waals surface area (Å²) in [6, 6.07) is 11.5. The molecule has 2 N–H and O–H groups in total. The number of carbonyl (C=O) groups excluding carboxylic acids is 1. The van der Waals surface area contributed by atoms with Crippen LogP contribution in [0.3, 0.4) is 0 Å². The maximum Gasteiger partial charge on any atom is 0.251 e. The highest BCUT2D eigenvalue weighted by atomic mass is 35.5. The number of rotatable bonds is 7.